The first-order chi connectivity index (χ1) is 18.2. The summed E-state index contributed by atoms with van der Waals surface area (Å²) in [6.07, 6.45) is 48.0. The lowest BCUT2D eigenvalue weighted by Crippen LogP contribution is -2.13. The van der Waals surface area contributed by atoms with E-state index in [1.165, 1.54) is 161 Å². The molecule has 0 rings (SSSR count). The predicted octanol–water partition coefficient (Wildman–Crippen LogP) is 14.0. The van der Waals surface area contributed by atoms with Gasteiger partial charge in [0.05, 0.1) is 24.6 Å². The second-order valence-electron chi connectivity index (χ2n) is 12.7. The van der Waals surface area contributed by atoms with E-state index >= 15 is 0 Å². The third kappa shape index (κ3) is 26.4. The average Bonchev–Trinajstić information content (AvgIpc) is 2.90. The molecule has 0 atom stereocenters. The van der Waals surface area contributed by atoms with Crippen molar-refractivity contribution in [2.24, 2.45) is 0 Å². The van der Waals surface area contributed by atoms with Crippen LogP contribution in [0.2, 0.25) is 0 Å². The Kier molecular flexibility index (Phi) is 31.3. The molecule has 0 radical (unpaired) electrons. The zero-order chi connectivity index (χ0) is 27.1. The standard InChI is InChI=1S/C36H76P/c1-5-9-12-15-18-21-24-27-30-34-37(33-8-4,35-31-28-25-22-19-16-13-10-6-2)36-32-29-26-23-20-17-14-11-7-3/h5-36H2,1-4H3/q+1. The molecule has 0 aliphatic rings. The minimum absolute atomic E-state index is 0.707. The molecule has 0 amide bonds. The summed E-state index contributed by atoms with van der Waals surface area (Å²) < 4.78 is 0. The molecule has 0 fully saturated rings. The van der Waals surface area contributed by atoms with E-state index in [1.807, 2.05) is 0 Å². The second kappa shape index (κ2) is 31.0. The number of hydrogen-bond donors (Lipinski definition) is 0. The molecule has 37 heavy (non-hydrogen) atoms. The molecule has 224 valence electrons. The number of unbranched alkanes of at least 4 members (excludes halogenated alkanes) is 24. The highest BCUT2D eigenvalue weighted by Gasteiger charge is 2.34. The van der Waals surface area contributed by atoms with Crippen molar-refractivity contribution in [3.8, 4) is 0 Å². The quantitative estimate of drug-likeness (QED) is 0.0589. The topological polar surface area (TPSA) is 0 Å². The molecular formula is C36H76P+. The number of hydrogen-bond acceptors (Lipinski definition) is 0. The zero-order valence-electron chi connectivity index (χ0n) is 27.1. The van der Waals surface area contributed by atoms with Crippen molar-refractivity contribution in [1.82, 2.24) is 0 Å². The van der Waals surface area contributed by atoms with Gasteiger partial charge in [0.1, 0.15) is 0 Å². The molecule has 0 aromatic rings. The van der Waals surface area contributed by atoms with E-state index in [-0.39, 0.29) is 0 Å². The molecule has 0 saturated heterocycles. The molecule has 1 heteroatoms. The van der Waals surface area contributed by atoms with E-state index in [1.54, 1.807) is 43.9 Å². The van der Waals surface area contributed by atoms with E-state index in [9.17, 15) is 0 Å². The Morgan fingerprint density at radius 3 is 0.649 bits per heavy atom. The summed E-state index contributed by atoms with van der Waals surface area (Å²) in [5.74, 6) is 0. The zero-order valence-corrected chi connectivity index (χ0v) is 28.0. The summed E-state index contributed by atoms with van der Waals surface area (Å²) in [4.78, 5) is 0. The van der Waals surface area contributed by atoms with Gasteiger partial charge in [0.25, 0.3) is 0 Å². The van der Waals surface area contributed by atoms with Gasteiger partial charge in [-0.05, 0) is 44.9 Å². The van der Waals surface area contributed by atoms with Gasteiger partial charge in [-0.15, -0.1) is 0 Å². The molecular weight excluding hydrogens is 463 g/mol. The Hall–Kier alpha value is 0.430. The lowest BCUT2D eigenvalue weighted by Gasteiger charge is -2.28. The van der Waals surface area contributed by atoms with Crippen molar-refractivity contribution in [2.75, 3.05) is 24.6 Å². The first kappa shape index (κ1) is 37.4. The van der Waals surface area contributed by atoms with Gasteiger partial charge < -0.3 is 0 Å². The number of rotatable bonds is 32. The van der Waals surface area contributed by atoms with Crippen LogP contribution in [0.5, 0.6) is 0 Å². The first-order valence-corrected chi connectivity index (χ1v) is 20.6. The fourth-order valence-corrected chi connectivity index (χ4v) is 11.4. The summed E-state index contributed by atoms with van der Waals surface area (Å²) in [7, 11) is -0.707. The minimum atomic E-state index is -0.707. The van der Waals surface area contributed by atoms with Gasteiger partial charge >= 0.3 is 0 Å². The summed E-state index contributed by atoms with van der Waals surface area (Å²) in [6, 6.07) is 0. The maximum Gasteiger partial charge on any atom is 0.0594 e. The van der Waals surface area contributed by atoms with Crippen LogP contribution in [0.4, 0.5) is 0 Å². The molecule has 0 heterocycles. The van der Waals surface area contributed by atoms with Crippen molar-refractivity contribution in [3.05, 3.63) is 0 Å². The van der Waals surface area contributed by atoms with Crippen LogP contribution in [-0.2, 0) is 0 Å². The van der Waals surface area contributed by atoms with Crippen molar-refractivity contribution >= 4 is 7.26 Å². The van der Waals surface area contributed by atoms with Crippen LogP contribution >= 0.6 is 7.26 Å². The summed E-state index contributed by atoms with van der Waals surface area (Å²) in [5.41, 5.74) is 0. The average molecular weight is 540 g/mol. The summed E-state index contributed by atoms with van der Waals surface area (Å²) >= 11 is 0. The van der Waals surface area contributed by atoms with E-state index in [0.29, 0.717) is 0 Å². The molecule has 0 aliphatic heterocycles. The largest absolute Gasteiger partial charge is 0.0654 e. The maximum absolute atomic E-state index is 2.48. The van der Waals surface area contributed by atoms with Crippen LogP contribution in [0.25, 0.3) is 0 Å². The van der Waals surface area contributed by atoms with Crippen LogP contribution in [0.15, 0.2) is 0 Å². The van der Waals surface area contributed by atoms with Crippen LogP contribution < -0.4 is 0 Å². The minimum Gasteiger partial charge on any atom is -0.0654 e. The highest BCUT2D eigenvalue weighted by molar-refractivity contribution is 7.75. The van der Waals surface area contributed by atoms with Gasteiger partial charge in [-0.25, -0.2) is 0 Å². The van der Waals surface area contributed by atoms with Crippen LogP contribution in [0.3, 0.4) is 0 Å². The molecule has 0 nitrogen and oxygen atoms in total. The lowest BCUT2D eigenvalue weighted by molar-refractivity contribution is 0.568. The Labute approximate surface area is 239 Å². The third-order valence-corrected chi connectivity index (χ3v) is 14.1. The Morgan fingerprint density at radius 2 is 0.432 bits per heavy atom. The van der Waals surface area contributed by atoms with Crippen LogP contribution in [-0.4, -0.2) is 24.6 Å². The molecule has 0 aromatic carbocycles. The van der Waals surface area contributed by atoms with E-state index in [4.69, 9.17) is 0 Å². The van der Waals surface area contributed by atoms with Gasteiger partial charge in [-0.1, -0.05) is 163 Å². The van der Waals surface area contributed by atoms with Crippen molar-refractivity contribution in [2.45, 2.75) is 207 Å². The normalized spacial score (nSPS) is 12.0. The fourth-order valence-electron chi connectivity index (χ4n) is 6.42. The predicted molar refractivity (Wildman–Crippen MR) is 178 cm³/mol. The molecule has 0 bridgehead atoms. The molecule has 0 aliphatic carbocycles. The van der Waals surface area contributed by atoms with Crippen LogP contribution in [0, 0.1) is 0 Å². The molecule has 0 aromatic heterocycles. The third-order valence-electron chi connectivity index (χ3n) is 8.91. The van der Waals surface area contributed by atoms with Crippen molar-refractivity contribution < 1.29 is 0 Å². The smallest absolute Gasteiger partial charge is 0.0594 e. The highest BCUT2D eigenvalue weighted by atomic mass is 31.2. The first-order valence-electron chi connectivity index (χ1n) is 18.1. The van der Waals surface area contributed by atoms with E-state index < -0.39 is 7.26 Å². The van der Waals surface area contributed by atoms with Gasteiger partial charge in [-0.2, -0.15) is 0 Å². The Bertz CT molecular complexity index is 348. The van der Waals surface area contributed by atoms with Gasteiger partial charge in [0.2, 0.25) is 0 Å². The van der Waals surface area contributed by atoms with Gasteiger partial charge in [0, 0.05) is 7.26 Å². The fraction of sp³-hybridized carbons (Fsp3) is 1.00. The summed E-state index contributed by atoms with van der Waals surface area (Å²) in [5, 5.41) is 0. The second-order valence-corrected chi connectivity index (χ2v) is 17.2. The van der Waals surface area contributed by atoms with E-state index in [0.717, 1.165) is 0 Å². The summed E-state index contributed by atoms with van der Waals surface area (Å²) in [6.45, 7) is 9.47. The van der Waals surface area contributed by atoms with Crippen molar-refractivity contribution in [1.29, 1.82) is 0 Å². The van der Waals surface area contributed by atoms with Gasteiger partial charge in [0.15, 0.2) is 0 Å². The maximum atomic E-state index is 2.48. The SMILES string of the molecule is CCCCCCCCCCC[P+](CCC)(CCCCCCCCCCC)CCCCCCCCCCC. The highest BCUT2D eigenvalue weighted by Crippen LogP contribution is 2.61. The molecule has 0 saturated carbocycles. The van der Waals surface area contributed by atoms with Crippen LogP contribution in [0.1, 0.15) is 207 Å². The monoisotopic (exact) mass is 540 g/mol. The molecule has 0 unspecified atom stereocenters. The molecule has 0 N–H and O–H groups in total. The Morgan fingerprint density at radius 1 is 0.216 bits per heavy atom. The molecule has 0 spiro atoms. The van der Waals surface area contributed by atoms with Crippen molar-refractivity contribution in [3.63, 3.8) is 0 Å². The Balaban J connectivity index is 4.37. The van der Waals surface area contributed by atoms with E-state index in [2.05, 4.69) is 27.7 Å². The van der Waals surface area contributed by atoms with Gasteiger partial charge in [-0.3, -0.25) is 0 Å². The lowest BCUT2D eigenvalue weighted by atomic mass is 10.1.